The van der Waals surface area contributed by atoms with Gasteiger partial charge in [0.05, 0.1) is 6.04 Å². The van der Waals surface area contributed by atoms with Crippen LogP contribution in [0.4, 0.5) is 0 Å². The summed E-state index contributed by atoms with van der Waals surface area (Å²) in [5.41, 5.74) is 0. The molecule has 0 saturated heterocycles. The Kier molecular flexibility index (Phi) is 5.44. The molecule has 3 nitrogen and oxygen atoms in total. The molecule has 1 rings (SSSR count). The Morgan fingerprint density at radius 3 is 2.69 bits per heavy atom. The molecule has 1 unspecified atom stereocenters. The highest BCUT2D eigenvalue weighted by Gasteiger charge is 2.20. The van der Waals surface area contributed by atoms with E-state index in [-0.39, 0.29) is 17.9 Å². The quantitative estimate of drug-likeness (QED) is 0.877. The molecule has 90 valence electrons. The van der Waals surface area contributed by atoms with Crippen molar-refractivity contribution in [2.45, 2.75) is 26.4 Å². The summed E-state index contributed by atoms with van der Waals surface area (Å²) in [5.74, 6) is 0.328. The molecule has 1 aromatic heterocycles. The number of nitrogens with one attached hydrogen (secondary N) is 2. The lowest BCUT2D eigenvalue weighted by Gasteiger charge is -2.20. The van der Waals surface area contributed by atoms with Gasteiger partial charge >= 0.3 is 0 Å². The van der Waals surface area contributed by atoms with Crippen LogP contribution in [-0.2, 0) is 11.3 Å². The summed E-state index contributed by atoms with van der Waals surface area (Å²) in [7, 11) is 1.67. The Morgan fingerprint density at radius 1 is 1.56 bits per heavy atom. The minimum atomic E-state index is -0.133. The standard InChI is InChI=1S/C11H17BrN2OS/c1-7(2)10(11(15)13-3)14-5-9-4-8(12)6-16-9/h4,6-7,10,14H,5H2,1-3H3,(H,13,15). The van der Waals surface area contributed by atoms with E-state index in [0.717, 1.165) is 11.0 Å². The summed E-state index contributed by atoms with van der Waals surface area (Å²) < 4.78 is 1.09. The van der Waals surface area contributed by atoms with Gasteiger partial charge in [-0.2, -0.15) is 0 Å². The van der Waals surface area contributed by atoms with Crippen molar-refractivity contribution in [2.75, 3.05) is 7.05 Å². The van der Waals surface area contributed by atoms with Crippen molar-refractivity contribution < 1.29 is 4.79 Å². The van der Waals surface area contributed by atoms with Crippen molar-refractivity contribution in [1.82, 2.24) is 10.6 Å². The van der Waals surface area contributed by atoms with Crippen molar-refractivity contribution in [1.29, 1.82) is 0 Å². The maximum atomic E-state index is 11.6. The third-order valence-electron chi connectivity index (χ3n) is 2.31. The Balaban J connectivity index is 2.53. The predicted molar refractivity (Wildman–Crippen MR) is 71.6 cm³/mol. The lowest BCUT2D eigenvalue weighted by Crippen LogP contribution is -2.45. The van der Waals surface area contributed by atoms with Crippen molar-refractivity contribution in [3.8, 4) is 0 Å². The Hall–Kier alpha value is -0.390. The second-order valence-corrected chi connectivity index (χ2v) is 5.86. The van der Waals surface area contributed by atoms with Crippen LogP contribution in [0, 0.1) is 5.92 Å². The molecule has 16 heavy (non-hydrogen) atoms. The van der Waals surface area contributed by atoms with Crippen molar-refractivity contribution >= 4 is 33.2 Å². The summed E-state index contributed by atoms with van der Waals surface area (Å²) in [4.78, 5) is 12.8. The van der Waals surface area contributed by atoms with E-state index in [4.69, 9.17) is 0 Å². The van der Waals surface area contributed by atoms with Gasteiger partial charge in [0, 0.05) is 28.3 Å². The van der Waals surface area contributed by atoms with Crippen LogP contribution in [0.5, 0.6) is 0 Å². The number of amides is 1. The Labute approximate surface area is 109 Å². The number of likely N-dealkylation sites (N-methyl/N-ethyl adjacent to an activating group) is 1. The molecule has 1 heterocycles. The maximum absolute atomic E-state index is 11.6. The van der Waals surface area contributed by atoms with Crippen LogP contribution in [0.1, 0.15) is 18.7 Å². The molecule has 0 aliphatic heterocycles. The van der Waals surface area contributed by atoms with Gasteiger partial charge in [-0.15, -0.1) is 11.3 Å². The molecule has 2 N–H and O–H groups in total. The fourth-order valence-electron chi connectivity index (χ4n) is 1.44. The highest BCUT2D eigenvalue weighted by atomic mass is 79.9. The minimum absolute atomic E-state index is 0.0469. The molecule has 5 heteroatoms. The molecular weight excluding hydrogens is 288 g/mol. The first kappa shape index (κ1) is 13.7. The average Bonchev–Trinajstić information content (AvgIpc) is 2.63. The molecule has 0 fully saturated rings. The monoisotopic (exact) mass is 304 g/mol. The number of halogens is 1. The van der Waals surface area contributed by atoms with Gasteiger partial charge in [-0.3, -0.25) is 4.79 Å². The van der Waals surface area contributed by atoms with E-state index in [1.54, 1.807) is 18.4 Å². The fourth-order valence-corrected chi connectivity index (χ4v) is 2.85. The fraction of sp³-hybridized carbons (Fsp3) is 0.545. The van der Waals surface area contributed by atoms with E-state index in [1.165, 1.54) is 4.88 Å². The lowest BCUT2D eigenvalue weighted by molar-refractivity contribution is -0.123. The van der Waals surface area contributed by atoms with Gasteiger partial charge in [0.25, 0.3) is 0 Å². The topological polar surface area (TPSA) is 41.1 Å². The summed E-state index contributed by atoms with van der Waals surface area (Å²) in [6.45, 7) is 4.81. The largest absolute Gasteiger partial charge is 0.358 e. The van der Waals surface area contributed by atoms with E-state index >= 15 is 0 Å². The maximum Gasteiger partial charge on any atom is 0.237 e. The van der Waals surface area contributed by atoms with E-state index in [1.807, 2.05) is 19.2 Å². The molecule has 1 aromatic rings. The van der Waals surface area contributed by atoms with Crippen LogP contribution in [0.15, 0.2) is 15.9 Å². The third kappa shape index (κ3) is 3.88. The van der Waals surface area contributed by atoms with Gasteiger partial charge in [0.1, 0.15) is 0 Å². The number of hydrogen-bond acceptors (Lipinski definition) is 3. The Morgan fingerprint density at radius 2 is 2.25 bits per heavy atom. The van der Waals surface area contributed by atoms with E-state index < -0.39 is 0 Å². The van der Waals surface area contributed by atoms with E-state index in [2.05, 4.69) is 32.6 Å². The van der Waals surface area contributed by atoms with Crippen LogP contribution in [0.25, 0.3) is 0 Å². The van der Waals surface area contributed by atoms with Crippen LogP contribution in [0.2, 0.25) is 0 Å². The van der Waals surface area contributed by atoms with Crippen molar-refractivity contribution in [2.24, 2.45) is 5.92 Å². The van der Waals surface area contributed by atoms with Crippen molar-refractivity contribution in [3.05, 3.63) is 20.8 Å². The van der Waals surface area contributed by atoms with Crippen LogP contribution in [0.3, 0.4) is 0 Å². The number of hydrogen-bond donors (Lipinski definition) is 2. The molecule has 0 saturated carbocycles. The molecular formula is C11H17BrN2OS. The van der Waals surface area contributed by atoms with Gasteiger partial charge < -0.3 is 10.6 Å². The first-order chi connectivity index (χ1) is 7.54. The van der Waals surface area contributed by atoms with Gasteiger partial charge in [0.2, 0.25) is 5.91 Å². The molecule has 0 spiro atoms. The lowest BCUT2D eigenvalue weighted by atomic mass is 10.0. The molecule has 0 aliphatic rings. The molecule has 0 aliphatic carbocycles. The predicted octanol–water partition coefficient (Wildman–Crippen LogP) is 2.37. The first-order valence-electron chi connectivity index (χ1n) is 5.22. The van der Waals surface area contributed by atoms with E-state index in [9.17, 15) is 4.79 Å². The number of rotatable bonds is 5. The zero-order valence-electron chi connectivity index (χ0n) is 9.71. The zero-order chi connectivity index (χ0) is 12.1. The van der Waals surface area contributed by atoms with Gasteiger partial charge in [0.15, 0.2) is 0 Å². The SMILES string of the molecule is CNC(=O)C(NCc1cc(Br)cs1)C(C)C. The number of thiophene rings is 1. The molecule has 1 atom stereocenters. The second-order valence-electron chi connectivity index (χ2n) is 3.95. The third-order valence-corrected chi connectivity index (χ3v) is 4.01. The summed E-state index contributed by atoms with van der Waals surface area (Å²) in [6.07, 6.45) is 0. The second kappa shape index (κ2) is 6.37. The molecule has 0 bridgehead atoms. The summed E-state index contributed by atoms with van der Waals surface area (Å²) in [6, 6.07) is 1.93. The zero-order valence-corrected chi connectivity index (χ0v) is 12.1. The molecule has 0 aromatic carbocycles. The number of carbonyl (C=O) groups excluding carboxylic acids is 1. The van der Waals surface area contributed by atoms with Crippen LogP contribution in [-0.4, -0.2) is 19.0 Å². The minimum Gasteiger partial charge on any atom is -0.358 e. The Bertz CT molecular complexity index is 352. The molecule has 0 radical (unpaired) electrons. The first-order valence-corrected chi connectivity index (χ1v) is 6.89. The molecule has 1 amide bonds. The van der Waals surface area contributed by atoms with Crippen LogP contribution < -0.4 is 10.6 Å². The number of carbonyl (C=O) groups is 1. The van der Waals surface area contributed by atoms with Gasteiger partial charge in [-0.25, -0.2) is 0 Å². The van der Waals surface area contributed by atoms with E-state index in [0.29, 0.717) is 0 Å². The summed E-state index contributed by atoms with van der Waals surface area (Å²) in [5, 5.41) is 8.00. The smallest absolute Gasteiger partial charge is 0.237 e. The highest BCUT2D eigenvalue weighted by Crippen LogP contribution is 2.19. The van der Waals surface area contributed by atoms with Gasteiger partial charge in [-0.05, 0) is 27.9 Å². The van der Waals surface area contributed by atoms with Crippen molar-refractivity contribution in [3.63, 3.8) is 0 Å². The summed E-state index contributed by atoms with van der Waals surface area (Å²) >= 11 is 5.10. The average molecular weight is 305 g/mol. The van der Waals surface area contributed by atoms with Gasteiger partial charge in [-0.1, -0.05) is 13.8 Å². The van der Waals surface area contributed by atoms with Crippen LogP contribution >= 0.6 is 27.3 Å². The highest BCUT2D eigenvalue weighted by molar-refractivity contribution is 9.10. The normalized spacial score (nSPS) is 12.8.